The number of hydrogen-bond donors (Lipinski definition) is 1. The van der Waals surface area contributed by atoms with E-state index < -0.39 is 10.0 Å². The van der Waals surface area contributed by atoms with E-state index in [0.717, 1.165) is 32.6 Å². The lowest BCUT2D eigenvalue weighted by molar-refractivity contribution is -0.178. The molecule has 3 saturated heterocycles. The Labute approximate surface area is 184 Å². The minimum Gasteiger partial charge on any atom is -0.395 e. The fourth-order valence-electron chi connectivity index (χ4n) is 5.74. The first-order chi connectivity index (χ1) is 15.1. The Morgan fingerprint density at radius 2 is 1.58 bits per heavy atom. The zero-order chi connectivity index (χ0) is 21.5. The first-order valence-corrected chi connectivity index (χ1v) is 12.6. The molecule has 7 heteroatoms. The standard InChI is InChI=1S/C24H30N2O4S/c27-16-22-23(20-7-3-1-4-8-20)24(26(22)15-19-11-13-30-14-12-19)17-25(18-24)31(28,29)21-9-5-2-6-10-21/h1-10,19,22-23,27H,11-18H2/t22-,23+/m1/s1. The second kappa shape index (κ2) is 8.30. The first kappa shape index (κ1) is 21.1. The Balaban J connectivity index is 1.43. The molecule has 3 aliphatic heterocycles. The van der Waals surface area contributed by atoms with Crippen LogP contribution in [-0.2, 0) is 14.8 Å². The van der Waals surface area contributed by atoms with E-state index in [2.05, 4.69) is 17.0 Å². The van der Waals surface area contributed by atoms with Gasteiger partial charge >= 0.3 is 0 Å². The summed E-state index contributed by atoms with van der Waals surface area (Å²) in [4.78, 5) is 2.74. The lowest BCUT2D eigenvalue weighted by Crippen LogP contribution is -2.85. The van der Waals surface area contributed by atoms with Gasteiger partial charge < -0.3 is 9.84 Å². The zero-order valence-corrected chi connectivity index (χ0v) is 18.5. The number of hydrogen-bond acceptors (Lipinski definition) is 5. The SMILES string of the molecule is O=S(=O)(c1ccccc1)N1CC2(C1)[C@@H](c1ccccc1)[C@@H](CO)N2CC1CCOCC1. The number of aliphatic hydroxyl groups is 1. The molecular formula is C24H30N2O4S. The Morgan fingerprint density at radius 1 is 0.968 bits per heavy atom. The predicted octanol–water partition coefficient (Wildman–Crippen LogP) is 2.32. The van der Waals surface area contributed by atoms with Crippen LogP contribution in [0.1, 0.15) is 24.3 Å². The van der Waals surface area contributed by atoms with Crippen molar-refractivity contribution in [2.24, 2.45) is 5.92 Å². The van der Waals surface area contributed by atoms with Gasteiger partial charge in [-0.2, -0.15) is 4.31 Å². The highest BCUT2D eigenvalue weighted by Crippen LogP contribution is 2.55. The summed E-state index contributed by atoms with van der Waals surface area (Å²) in [6.45, 7) is 3.46. The molecule has 0 bridgehead atoms. The Kier molecular flexibility index (Phi) is 5.65. The van der Waals surface area contributed by atoms with Gasteiger partial charge in [0, 0.05) is 44.8 Å². The fourth-order valence-corrected chi connectivity index (χ4v) is 7.33. The van der Waals surface area contributed by atoms with Crippen LogP contribution in [0.15, 0.2) is 65.6 Å². The van der Waals surface area contributed by atoms with Crippen molar-refractivity contribution in [2.45, 2.75) is 35.2 Å². The minimum absolute atomic E-state index is 0.0202. The molecule has 1 N–H and O–H groups in total. The number of benzene rings is 2. The Bertz CT molecular complexity index is 987. The van der Waals surface area contributed by atoms with Gasteiger partial charge in [0.15, 0.2) is 0 Å². The third kappa shape index (κ3) is 3.52. The minimum atomic E-state index is -3.51. The smallest absolute Gasteiger partial charge is 0.243 e. The molecule has 3 fully saturated rings. The van der Waals surface area contributed by atoms with Gasteiger partial charge in [0.1, 0.15) is 0 Å². The second-order valence-electron chi connectivity index (χ2n) is 9.04. The van der Waals surface area contributed by atoms with Crippen LogP contribution in [0.25, 0.3) is 0 Å². The summed E-state index contributed by atoms with van der Waals surface area (Å²) in [7, 11) is -3.51. The molecule has 0 aromatic heterocycles. The van der Waals surface area contributed by atoms with Gasteiger partial charge in [0.2, 0.25) is 10.0 Å². The van der Waals surface area contributed by atoms with Gasteiger partial charge in [-0.05, 0) is 36.5 Å². The number of sulfonamides is 1. The van der Waals surface area contributed by atoms with E-state index in [0.29, 0.717) is 23.9 Å². The van der Waals surface area contributed by atoms with Gasteiger partial charge in [0.25, 0.3) is 0 Å². The predicted molar refractivity (Wildman–Crippen MR) is 118 cm³/mol. The maximum absolute atomic E-state index is 13.2. The van der Waals surface area contributed by atoms with Gasteiger partial charge in [-0.25, -0.2) is 8.42 Å². The molecule has 1 spiro atoms. The number of likely N-dealkylation sites (tertiary alicyclic amines) is 1. The van der Waals surface area contributed by atoms with Crippen molar-refractivity contribution in [1.82, 2.24) is 9.21 Å². The van der Waals surface area contributed by atoms with E-state index in [4.69, 9.17) is 4.74 Å². The lowest BCUT2D eigenvalue weighted by atomic mass is 9.61. The van der Waals surface area contributed by atoms with Crippen molar-refractivity contribution >= 4 is 10.0 Å². The molecule has 6 nitrogen and oxygen atoms in total. The van der Waals surface area contributed by atoms with Crippen LogP contribution in [0.5, 0.6) is 0 Å². The summed E-state index contributed by atoms with van der Waals surface area (Å²) in [6, 6.07) is 18.9. The molecule has 0 unspecified atom stereocenters. The van der Waals surface area contributed by atoms with Crippen LogP contribution < -0.4 is 0 Å². The third-order valence-corrected chi connectivity index (χ3v) is 9.16. The van der Waals surface area contributed by atoms with Crippen LogP contribution in [0.4, 0.5) is 0 Å². The highest BCUT2D eigenvalue weighted by atomic mass is 32.2. The summed E-state index contributed by atoms with van der Waals surface area (Å²) in [5, 5.41) is 10.3. The molecule has 0 aliphatic carbocycles. The van der Waals surface area contributed by atoms with Gasteiger partial charge in [-0.15, -0.1) is 0 Å². The van der Waals surface area contributed by atoms with Crippen LogP contribution >= 0.6 is 0 Å². The highest BCUT2D eigenvalue weighted by Gasteiger charge is 2.67. The van der Waals surface area contributed by atoms with Crippen LogP contribution in [0.3, 0.4) is 0 Å². The van der Waals surface area contributed by atoms with Crippen molar-refractivity contribution in [2.75, 3.05) is 39.5 Å². The van der Waals surface area contributed by atoms with E-state index >= 15 is 0 Å². The van der Waals surface area contributed by atoms with Crippen LogP contribution in [0.2, 0.25) is 0 Å². The molecule has 0 amide bonds. The molecule has 31 heavy (non-hydrogen) atoms. The molecule has 2 aromatic rings. The van der Waals surface area contributed by atoms with Gasteiger partial charge in [-0.3, -0.25) is 4.90 Å². The van der Waals surface area contributed by atoms with Crippen molar-refractivity contribution in [3.8, 4) is 0 Å². The van der Waals surface area contributed by atoms with E-state index in [9.17, 15) is 13.5 Å². The maximum atomic E-state index is 13.2. The van der Waals surface area contributed by atoms with E-state index in [1.165, 1.54) is 5.56 Å². The number of rotatable bonds is 6. The van der Waals surface area contributed by atoms with E-state index in [-0.39, 0.29) is 24.1 Å². The Hall–Kier alpha value is -1.77. The molecule has 2 atom stereocenters. The summed E-state index contributed by atoms with van der Waals surface area (Å²) < 4.78 is 33.5. The average Bonchev–Trinajstić information content (AvgIpc) is 2.77. The fraction of sp³-hybridized carbons (Fsp3) is 0.500. The molecular weight excluding hydrogens is 412 g/mol. The topological polar surface area (TPSA) is 70.1 Å². The van der Waals surface area contributed by atoms with Gasteiger partial charge in [-0.1, -0.05) is 48.5 Å². The van der Waals surface area contributed by atoms with Crippen LogP contribution in [0, 0.1) is 5.92 Å². The van der Waals surface area contributed by atoms with Crippen molar-refractivity contribution in [3.63, 3.8) is 0 Å². The van der Waals surface area contributed by atoms with Gasteiger partial charge in [0.05, 0.1) is 17.0 Å². The molecule has 3 heterocycles. The quantitative estimate of drug-likeness (QED) is 0.744. The van der Waals surface area contributed by atoms with E-state index in [1.807, 2.05) is 24.3 Å². The molecule has 2 aromatic carbocycles. The van der Waals surface area contributed by atoms with E-state index in [1.54, 1.807) is 28.6 Å². The number of aliphatic hydroxyl groups excluding tert-OH is 1. The molecule has 5 rings (SSSR count). The van der Waals surface area contributed by atoms with Crippen molar-refractivity contribution in [3.05, 3.63) is 66.2 Å². The maximum Gasteiger partial charge on any atom is 0.243 e. The first-order valence-electron chi connectivity index (χ1n) is 11.1. The summed E-state index contributed by atoms with van der Waals surface area (Å²) in [6.07, 6.45) is 2.04. The molecule has 3 aliphatic rings. The normalized spacial score (nSPS) is 27.0. The molecule has 0 saturated carbocycles. The summed E-state index contributed by atoms with van der Waals surface area (Å²) in [5.41, 5.74) is 0.927. The third-order valence-electron chi connectivity index (χ3n) is 7.36. The average molecular weight is 443 g/mol. The largest absolute Gasteiger partial charge is 0.395 e. The summed E-state index contributed by atoms with van der Waals surface area (Å²) >= 11 is 0. The zero-order valence-electron chi connectivity index (χ0n) is 17.6. The Morgan fingerprint density at radius 3 is 2.19 bits per heavy atom. The highest BCUT2D eigenvalue weighted by molar-refractivity contribution is 7.89. The molecule has 0 radical (unpaired) electrons. The number of ether oxygens (including phenoxy) is 1. The lowest BCUT2D eigenvalue weighted by Gasteiger charge is -2.71. The van der Waals surface area contributed by atoms with Crippen molar-refractivity contribution in [1.29, 1.82) is 0 Å². The monoisotopic (exact) mass is 442 g/mol. The van der Waals surface area contributed by atoms with Crippen molar-refractivity contribution < 1.29 is 18.3 Å². The second-order valence-corrected chi connectivity index (χ2v) is 11.0. The summed E-state index contributed by atoms with van der Waals surface area (Å²) in [5.74, 6) is 0.650. The number of nitrogens with zero attached hydrogens (tertiary/aromatic N) is 2. The van der Waals surface area contributed by atoms with Crippen LogP contribution in [-0.4, -0.2) is 73.8 Å². The molecule has 166 valence electrons.